The monoisotopic (exact) mass is 403 g/mol. The van der Waals surface area contributed by atoms with Gasteiger partial charge in [0.2, 0.25) is 0 Å². The maximum atomic E-state index is 12.5. The van der Waals surface area contributed by atoms with Crippen LogP contribution in [0, 0.1) is 6.92 Å². The number of amides is 1. The lowest BCUT2D eigenvalue weighted by molar-refractivity contribution is -0.0501. The molecule has 1 amide bonds. The minimum atomic E-state index is -2.96. The number of rotatable bonds is 8. The van der Waals surface area contributed by atoms with Crippen LogP contribution in [-0.2, 0) is 0 Å². The average molecular weight is 403 g/mol. The minimum absolute atomic E-state index is 0.104. The highest BCUT2D eigenvalue weighted by Crippen LogP contribution is 2.20. The fourth-order valence-corrected chi connectivity index (χ4v) is 3.51. The van der Waals surface area contributed by atoms with Gasteiger partial charge in [0.25, 0.3) is 5.91 Å². The molecule has 0 spiro atoms. The molecule has 156 valence electrons. The Labute approximate surface area is 170 Å². The van der Waals surface area contributed by atoms with Gasteiger partial charge in [0, 0.05) is 38.4 Å². The summed E-state index contributed by atoms with van der Waals surface area (Å²) in [7, 11) is 0. The normalized spacial score (nSPS) is 14.8. The zero-order chi connectivity index (χ0) is 20.6. The van der Waals surface area contributed by atoms with Gasteiger partial charge in [-0.15, -0.1) is 0 Å². The van der Waals surface area contributed by atoms with Gasteiger partial charge in [-0.2, -0.15) is 8.78 Å². The Hall–Kier alpha value is -2.67. The summed E-state index contributed by atoms with van der Waals surface area (Å²) < 4.78 is 29.4. The Morgan fingerprint density at radius 1 is 1.10 bits per heavy atom. The Balaban J connectivity index is 1.39. The topological polar surface area (TPSA) is 44.8 Å². The third-order valence-corrected chi connectivity index (χ3v) is 5.02. The van der Waals surface area contributed by atoms with Crippen molar-refractivity contribution in [1.82, 2.24) is 10.2 Å². The molecule has 1 aliphatic heterocycles. The van der Waals surface area contributed by atoms with Gasteiger partial charge >= 0.3 is 6.61 Å². The first-order valence-electron chi connectivity index (χ1n) is 9.89. The number of para-hydroxylation sites is 1. The van der Waals surface area contributed by atoms with Crippen molar-refractivity contribution in [3.63, 3.8) is 0 Å². The van der Waals surface area contributed by atoms with E-state index in [9.17, 15) is 13.6 Å². The smallest absolute Gasteiger partial charge is 0.387 e. The van der Waals surface area contributed by atoms with Crippen molar-refractivity contribution in [2.75, 3.05) is 44.2 Å². The van der Waals surface area contributed by atoms with Crippen LogP contribution in [0.25, 0.3) is 0 Å². The standard InChI is InChI=1S/C22H27F2N3O2/c1-17-6-4-7-18(16-17)27-14-12-26(13-15-27)11-5-10-25-21(28)19-8-2-3-9-20(19)29-22(23)24/h2-4,6-9,16,22H,5,10-15H2,1H3,(H,25,28). The summed E-state index contributed by atoms with van der Waals surface area (Å²) in [5.74, 6) is -0.502. The molecule has 1 saturated heterocycles. The van der Waals surface area contributed by atoms with Gasteiger partial charge in [-0.25, -0.2) is 0 Å². The molecule has 0 saturated carbocycles. The highest BCUT2D eigenvalue weighted by atomic mass is 19.3. The zero-order valence-electron chi connectivity index (χ0n) is 16.6. The number of carbonyl (C=O) groups excluding carboxylic acids is 1. The van der Waals surface area contributed by atoms with E-state index in [1.807, 2.05) is 0 Å². The van der Waals surface area contributed by atoms with Crippen LogP contribution in [0.1, 0.15) is 22.3 Å². The summed E-state index contributed by atoms with van der Waals surface area (Å²) in [6.45, 7) is 4.44. The first-order chi connectivity index (χ1) is 14.0. The van der Waals surface area contributed by atoms with Gasteiger partial charge in [-0.1, -0.05) is 24.3 Å². The van der Waals surface area contributed by atoms with Crippen molar-refractivity contribution in [2.24, 2.45) is 0 Å². The van der Waals surface area contributed by atoms with E-state index in [1.54, 1.807) is 12.1 Å². The van der Waals surface area contributed by atoms with Gasteiger partial charge in [-0.05, 0) is 49.7 Å². The lowest BCUT2D eigenvalue weighted by Crippen LogP contribution is -2.47. The summed E-state index contributed by atoms with van der Waals surface area (Å²) in [6.07, 6.45) is 0.800. The molecule has 1 heterocycles. The van der Waals surface area contributed by atoms with Crippen LogP contribution in [-0.4, -0.2) is 56.7 Å². The van der Waals surface area contributed by atoms with Crippen LogP contribution in [0.5, 0.6) is 5.75 Å². The number of hydrogen-bond donors (Lipinski definition) is 1. The Morgan fingerprint density at radius 3 is 2.59 bits per heavy atom. The summed E-state index contributed by atoms with van der Waals surface area (Å²) in [4.78, 5) is 17.0. The number of nitrogens with zero attached hydrogens (tertiary/aromatic N) is 2. The third-order valence-electron chi connectivity index (χ3n) is 5.02. The number of halogens is 2. The molecule has 1 aliphatic rings. The summed E-state index contributed by atoms with van der Waals surface area (Å²) in [5, 5.41) is 2.79. The molecular weight excluding hydrogens is 376 g/mol. The predicted octanol–water partition coefficient (Wildman–Crippen LogP) is 3.54. The van der Waals surface area contributed by atoms with E-state index >= 15 is 0 Å². The molecular formula is C22H27F2N3O2. The van der Waals surface area contributed by atoms with Crippen LogP contribution < -0.4 is 15.0 Å². The second kappa shape index (κ2) is 10.2. The Bertz CT molecular complexity index is 808. The van der Waals surface area contributed by atoms with E-state index in [1.165, 1.54) is 23.4 Å². The molecule has 0 radical (unpaired) electrons. The number of nitrogens with one attached hydrogen (secondary N) is 1. The second-order valence-electron chi connectivity index (χ2n) is 7.15. The van der Waals surface area contributed by atoms with Crippen LogP contribution in [0.3, 0.4) is 0 Å². The van der Waals surface area contributed by atoms with Crippen molar-refractivity contribution < 1.29 is 18.3 Å². The number of carbonyl (C=O) groups is 1. The molecule has 0 unspecified atom stereocenters. The van der Waals surface area contributed by atoms with E-state index in [2.05, 4.69) is 51.0 Å². The lowest BCUT2D eigenvalue weighted by Gasteiger charge is -2.36. The van der Waals surface area contributed by atoms with E-state index < -0.39 is 12.5 Å². The number of anilines is 1. The summed E-state index contributed by atoms with van der Waals surface area (Å²) in [6, 6.07) is 14.6. The fourth-order valence-electron chi connectivity index (χ4n) is 3.51. The lowest BCUT2D eigenvalue weighted by atomic mass is 10.2. The van der Waals surface area contributed by atoms with E-state index in [0.717, 1.165) is 39.1 Å². The summed E-state index contributed by atoms with van der Waals surface area (Å²) in [5.41, 5.74) is 2.65. The number of alkyl halides is 2. The Morgan fingerprint density at radius 2 is 1.86 bits per heavy atom. The maximum Gasteiger partial charge on any atom is 0.387 e. The molecule has 0 bridgehead atoms. The van der Waals surface area contributed by atoms with Crippen LogP contribution in [0.15, 0.2) is 48.5 Å². The fraction of sp³-hybridized carbons (Fsp3) is 0.409. The molecule has 0 atom stereocenters. The van der Waals surface area contributed by atoms with Crippen LogP contribution in [0.2, 0.25) is 0 Å². The summed E-state index contributed by atoms with van der Waals surface area (Å²) >= 11 is 0. The van der Waals surface area contributed by atoms with Crippen LogP contribution >= 0.6 is 0 Å². The zero-order valence-corrected chi connectivity index (χ0v) is 16.6. The average Bonchev–Trinajstić information content (AvgIpc) is 2.71. The predicted molar refractivity (Wildman–Crippen MR) is 110 cm³/mol. The number of hydrogen-bond acceptors (Lipinski definition) is 4. The van der Waals surface area contributed by atoms with Gasteiger partial charge in [0.1, 0.15) is 5.75 Å². The van der Waals surface area contributed by atoms with Gasteiger partial charge in [0.15, 0.2) is 0 Å². The van der Waals surface area contributed by atoms with E-state index in [4.69, 9.17) is 0 Å². The first-order valence-corrected chi connectivity index (χ1v) is 9.89. The highest BCUT2D eigenvalue weighted by molar-refractivity contribution is 5.96. The molecule has 1 fully saturated rings. The number of ether oxygens (including phenoxy) is 1. The van der Waals surface area contributed by atoms with Crippen molar-refractivity contribution >= 4 is 11.6 Å². The highest BCUT2D eigenvalue weighted by Gasteiger charge is 2.18. The van der Waals surface area contributed by atoms with Gasteiger partial charge < -0.3 is 15.0 Å². The van der Waals surface area contributed by atoms with Crippen LogP contribution in [0.4, 0.5) is 14.5 Å². The molecule has 0 aliphatic carbocycles. The van der Waals surface area contributed by atoms with Crippen molar-refractivity contribution in [3.8, 4) is 5.75 Å². The maximum absolute atomic E-state index is 12.5. The number of benzene rings is 2. The molecule has 2 aromatic carbocycles. The molecule has 2 aromatic rings. The van der Waals surface area contributed by atoms with Gasteiger partial charge in [-0.3, -0.25) is 9.69 Å². The SMILES string of the molecule is Cc1cccc(N2CCN(CCCNC(=O)c3ccccc3OC(F)F)CC2)c1. The van der Waals surface area contributed by atoms with Crippen molar-refractivity contribution in [1.29, 1.82) is 0 Å². The first kappa shape index (κ1) is 21.0. The van der Waals surface area contributed by atoms with Crippen molar-refractivity contribution in [2.45, 2.75) is 20.0 Å². The molecule has 29 heavy (non-hydrogen) atoms. The largest absolute Gasteiger partial charge is 0.434 e. The molecule has 3 rings (SSSR count). The molecule has 0 aromatic heterocycles. The van der Waals surface area contributed by atoms with Crippen molar-refractivity contribution in [3.05, 3.63) is 59.7 Å². The minimum Gasteiger partial charge on any atom is -0.434 e. The Kier molecular flexibility index (Phi) is 7.41. The molecule has 5 nitrogen and oxygen atoms in total. The third kappa shape index (κ3) is 6.15. The molecule has 7 heteroatoms. The second-order valence-corrected chi connectivity index (χ2v) is 7.15. The number of piperazine rings is 1. The van der Waals surface area contributed by atoms with E-state index in [-0.39, 0.29) is 11.3 Å². The van der Waals surface area contributed by atoms with E-state index in [0.29, 0.717) is 6.54 Å². The molecule has 1 N–H and O–H groups in total. The van der Waals surface area contributed by atoms with Gasteiger partial charge in [0.05, 0.1) is 5.56 Å². The quantitative estimate of drug-likeness (QED) is 0.685. The number of aryl methyl sites for hydroxylation is 1.